The molecule has 1 aromatic rings. The van der Waals surface area contributed by atoms with Crippen molar-refractivity contribution >= 4 is 6.09 Å². The molecule has 1 unspecified atom stereocenters. The van der Waals surface area contributed by atoms with Crippen molar-refractivity contribution in [2.24, 2.45) is 0 Å². The van der Waals surface area contributed by atoms with Gasteiger partial charge in [-0.15, -0.1) is 0 Å². The number of aryl methyl sites for hydroxylation is 1. The van der Waals surface area contributed by atoms with Crippen molar-refractivity contribution in [3.8, 4) is 5.75 Å². The normalized spacial score (nSPS) is 19.0. The third kappa shape index (κ3) is 4.15. The maximum Gasteiger partial charge on any atom is 0.410 e. The van der Waals surface area contributed by atoms with E-state index in [1.54, 1.807) is 4.90 Å². The van der Waals surface area contributed by atoms with Crippen molar-refractivity contribution in [2.75, 3.05) is 13.1 Å². The van der Waals surface area contributed by atoms with E-state index in [0.717, 1.165) is 12.2 Å². The fourth-order valence-electron chi connectivity index (χ4n) is 2.13. The molecule has 0 aromatic heterocycles. The molecule has 0 bridgehead atoms. The van der Waals surface area contributed by atoms with Gasteiger partial charge in [0.25, 0.3) is 0 Å². The largest absolute Gasteiger partial charge is 0.489 e. The lowest BCUT2D eigenvalue weighted by Crippen LogP contribution is -2.36. The van der Waals surface area contributed by atoms with E-state index >= 15 is 0 Å². The molecule has 1 saturated heterocycles. The average Bonchev–Trinajstić information content (AvgIpc) is 2.79. The first-order valence-electron chi connectivity index (χ1n) is 7.05. The fourth-order valence-corrected chi connectivity index (χ4v) is 2.13. The van der Waals surface area contributed by atoms with Crippen molar-refractivity contribution in [3.05, 3.63) is 29.8 Å². The Morgan fingerprint density at radius 3 is 2.50 bits per heavy atom. The maximum atomic E-state index is 12.0. The monoisotopic (exact) mass is 277 g/mol. The first-order valence-corrected chi connectivity index (χ1v) is 7.05. The highest BCUT2D eigenvalue weighted by Crippen LogP contribution is 2.20. The number of benzene rings is 1. The van der Waals surface area contributed by atoms with Crippen LogP contribution >= 0.6 is 0 Å². The lowest BCUT2D eigenvalue weighted by Gasteiger charge is -2.24. The standard InChI is InChI=1S/C16H23NO3/c1-12-5-7-13(8-6-12)19-14-9-10-17(11-14)15(18)20-16(2,3)4/h5-8,14H,9-11H2,1-4H3. The highest BCUT2D eigenvalue weighted by molar-refractivity contribution is 5.68. The number of nitrogens with zero attached hydrogens (tertiary/aromatic N) is 1. The third-order valence-corrected chi connectivity index (χ3v) is 3.12. The van der Waals surface area contributed by atoms with Crippen LogP contribution in [0.3, 0.4) is 0 Å². The summed E-state index contributed by atoms with van der Waals surface area (Å²) in [6, 6.07) is 7.97. The van der Waals surface area contributed by atoms with Crippen molar-refractivity contribution in [3.63, 3.8) is 0 Å². The van der Waals surface area contributed by atoms with Gasteiger partial charge in [0.15, 0.2) is 0 Å². The van der Waals surface area contributed by atoms with Crippen LogP contribution in [0, 0.1) is 6.92 Å². The first kappa shape index (κ1) is 14.7. The minimum atomic E-state index is -0.451. The van der Waals surface area contributed by atoms with Gasteiger partial charge in [0, 0.05) is 13.0 Å². The summed E-state index contributed by atoms with van der Waals surface area (Å²) in [6.07, 6.45) is 0.630. The molecule has 1 aliphatic heterocycles. The lowest BCUT2D eigenvalue weighted by atomic mass is 10.2. The van der Waals surface area contributed by atoms with Gasteiger partial charge in [0.2, 0.25) is 0 Å². The van der Waals surface area contributed by atoms with E-state index in [1.165, 1.54) is 5.56 Å². The second-order valence-electron chi connectivity index (χ2n) is 6.27. The predicted molar refractivity (Wildman–Crippen MR) is 78.0 cm³/mol. The molecule has 1 heterocycles. The van der Waals surface area contributed by atoms with Gasteiger partial charge >= 0.3 is 6.09 Å². The topological polar surface area (TPSA) is 38.8 Å². The van der Waals surface area contributed by atoms with E-state index in [4.69, 9.17) is 9.47 Å². The summed E-state index contributed by atoms with van der Waals surface area (Å²) < 4.78 is 11.3. The minimum Gasteiger partial charge on any atom is -0.489 e. The van der Waals surface area contributed by atoms with Crippen molar-refractivity contribution in [1.82, 2.24) is 4.90 Å². The zero-order chi connectivity index (χ0) is 14.8. The summed E-state index contributed by atoms with van der Waals surface area (Å²) in [5.41, 5.74) is 0.756. The summed E-state index contributed by atoms with van der Waals surface area (Å²) in [5, 5.41) is 0. The molecule has 20 heavy (non-hydrogen) atoms. The second kappa shape index (κ2) is 5.73. The SMILES string of the molecule is Cc1ccc(OC2CCN(C(=O)OC(C)(C)C)C2)cc1. The summed E-state index contributed by atoms with van der Waals surface area (Å²) in [6.45, 7) is 8.95. The smallest absolute Gasteiger partial charge is 0.410 e. The van der Waals surface area contributed by atoms with Gasteiger partial charge < -0.3 is 14.4 Å². The minimum absolute atomic E-state index is 0.0465. The highest BCUT2D eigenvalue weighted by Gasteiger charge is 2.30. The van der Waals surface area contributed by atoms with Crippen molar-refractivity contribution in [2.45, 2.75) is 45.8 Å². The molecular weight excluding hydrogens is 254 g/mol. The van der Waals surface area contributed by atoms with Gasteiger partial charge in [0.05, 0.1) is 6.54 Å². The van der Waals surface area contributed by atoms with Crippen LogP contribution in [0.4, 0.5) is 4.79 Å². The molecule has 4 heteroatoms. The van der Waals surface area contributed by atoms with Crippen LogP contribution in [0.5, 0.6) is 5.75 Å². The summed E-state index contributed by atoms with van der Waals surface area (Å²) >= 11 is 0. The highest BCUT2D eigenvalue weighted by atomic mass is 16.6. The number of amides is 1. The molecule has 1 aliphatic rings. The molecule has 110 valence electrons. The number of rotatable bonds is 2. The van der Waals surface area contributed by atoms with Crippen LogP contribution in [-0.4, -0.2) is 35.8 Å². The number of likely N-dealkylation sites (tertiary alicyclic amines) is 1. The number of carbonyl (C=O) groups is 1. The predicted octanol–water partition coefficient (Wildman–Crippen LogP) is 3.38. The lowest BCUT2D eigenvalue weighted by molar-refractivity contribution is 0.0275. The van der Waals surface area contributed by atoms with Gasteiger partial charge in [-0.1, -0.05) is 17.7 Å². The number of carbonyl (C=O) groups excluding carboxylic acids is 1. The third-order valence-electron chi connectivity index (χ3n) is 3.12. The zero-order valence-corrected chi connectivity index (χ0v) is 12.7. The fraction of sp³-hybridized carbons (Fsp3) is 0.562. The number of ether oxygens (including phenoxy) is 2. The molecule has 0 aliphatic carbocycles. The summed E-state index contributed by atoms with van der Waals surface area (Å²) in [7, 11) is 0. The van der Waals surface area contributed by atoms with Crippen LogP contribution in [0.1, 0.15) is 32.8 Å². The Balaban J connectivity index is 1.86. The van der Waals surface area contributed by atoms with Gasteiger partial charge in [-0.2, -0.15) is 0 Å². The van der Waals surface area contributed by atoms with E-state index in [9.17, 15) is 4.79 Å². The molecule has 1 aromatic carbocycles. The van der Waals surface area contributed by atoms with Crippen LogP contribution in [0.25, 0.3) is 0 Å². The Labute approximate surface area is 120 Å². The van der Waals surface area contributed by atoms with E-state index in [1.807, 2.05) is 52.0 Å². The van der Waals surface area contributed by atoms with Gasteiger partial charge in [-0.3, -0.25) is 0 Å². The van der Waals surface area contributed by atoms with E-state index in [-0.39, 0.29) is 12.2 Å². The van der Waals surface area contributed by atoms with Crippen LogP contribution in [-0.2, 0) is 4.74 Å². The molecular formula is C16H23NO3. The van der Waals surface area contributed by atoms with E-state index in [0.29, 0.717) is 13.1 Å². The average molecular weight is 277 g/mol. The second-order valence-corrected chi connectivity index (χ2v) is 6.27. The molecule has 1 atom stereocenters. The zero-order valence-electron chi connectivity index (χ0n) is 12.7. The Kier molecular flexibility index (Phi) is 4.21. The van der Waals surface area contributed by atoms with Gasteiger partial charge in [-0.25, -0.2) is 4.79 Å². The first-order chi connectivity index (χ1) is 9.33. The molecule has 2 rings (SSSR count). The number of hydrogen-bond acceptors (Lipinski definition) is 3. The van der Waals surface area contributed by atoms with Crippen LogP contribution in [0.2, 0.25) is 0 Å². The van der Waals surface area contributed by atoms with Gasteiger partial charge in [-0.05, 0) is 39.8 Å². The Morgan fingerprint density at radius 1 is 1.25 bits per heavy atom. The molecule has 0 N–H and O–H groups in total. The van der Waals surface area contributed by atoms with Crippen LogP contribution < -0.4 is 4.74 Å². The van der Waals surface area contributed by atoms with Crippen LogP contribution in [0.15, 0.2) is 24.3 Å². The summed E-state index contributed by atoms with van der Waals surface area (Å²) in [5.74, 6) is 0.853. The number of hydrogen-bond donors (Lipinski definition) is 0. The van der Waals surface area contributed by atoms with E-state index in [2.05, 4.69) is 0 Å². The van der Waals surface area contributed by atoms with Gasteiger partial charge in [0.1, 0.15) is 17.5 Å². The van der Waals surface area contributed by atoms with Crippen molar-refractivity contribution < 1.29 is 14.3 Å². The summed E-state index contributed by atoms with van der Waals surface area (Å²) in [4.78, 5) is 13.7. The Morgan fingerprint density at radius 2 is 1.90 bits per heavy atom. The molecule has 4 nitrogen and oxygen atoms in total. The molecule has 0 radical (unpaired) electrons. The maximum absolute atomic E-state index is 12.0. The Hall–Kier alpha value is -1.71. The molecule has 0 saturated carbocycles. The van der Waals surface area contributed by atoms with Crippen molar-refractivity contribution in [1.29, 1.82) is 0 Å². The van der Waals surface area contributed by atoms with E-state index < -0.39 is 5.60 Å². The Bertz CT molecular complexity index is 462. The molecule has 1 fully saturated rings. The molecule has 1 amide bonds. The molecule has 0 spiro atoms. The quantitative estimate of drug-likeness (QED) is 0.831.